The fourth-order valence-corrected chi connectivity index (χ4v) is 3.94. The normalized spacial score (nSPS) is 20.3. The average Bonchev–Trinajstić information content (AvgIpc) is 2.97. The molecule has 0 aliphatic carbocycles. The van der Waals surface area contributed by atoms with E-state index in [1.54, 1.807) is 0 Å². The van der Waals surface area contributed by atoms with Gasteiger partial charge in [0.15, 0.2) is 5.78 Å². The summed E-state index contributed by atoms with van der Waals surface area (Å²) in [5, 5.41) is 12.0. The van der Waals surface area contributed by atoms with E-state index in [1.165, 1.54) is 11.8 Å². The molecular weight excluding hydrogens is 314 g/mol. The highest BCUT2D eigenvalue weighted by Gasteiger charge is 2.43. The Balaban J connectivity index is 1.95. The molecular formula is C17H21NO4S. The molecule has 1 heterocycles. The Bertz CT molecular complexity index is 635. The lowest BCUT2D eigenvalue weighted by atomic mass is 9.97. The van der Waals surface area contributed by atoms with E-state index in [2.05, 4.69) is 5.32 Å². The van der Waals surface area contributed by atoms with Gasteiger partial charge in [-0.3, -0.25) is 9.59 Å². The summed E-state index contributed by atoms with van der Waals surface area (Å²) in [6.07, 6.45) is 0.508. The van der Waals surface area contributed by atoms with Gasteiger partial charge in [-0.25, -0.2) is 4.79 Å². The summed E-state index contributed by atoms with van der Waals surface area (Å²) in [6.45, 7) is 3.78. The van der Waals surface area contributed by atoms with Gasteiger partial charge >= 0.3 is 5.97 Å². The lowest BCUT2D eigenvalue weighted by molar-refractivity contribution is -0.146. The fraction of sp³-hybridized carbons (Fsp3) is 0.471. The second-order valence-electron chi connectivity index (χ2n) is 5.98. The van der Waals surface area contributed by atoms with Crippen LogP contribution in [-0.2, 0) is 9.59 Å². The quantitative estimate of drug-likeness (QED) is 0.780. The summed E-state index contributed by atoms with van der Waals surface area (Å²) in [5.41, 5.74) is 1.33. The number of aryl methyl sites for hydroxylation is 2. The van der Waals surface area contributed by atoms with Gasteiger partial charge in [-0.05, 0) is 37.7 Å². The van der Waals surface area contributed by atoms with Crippen molar-refractivity contribution in [2.45, 2.75) is 38.6 Å². The van der Waals surface area contributed by atoms with Crippen LogP contribution in [0.5, 0.6) is 0 Å². The topological polar surface area (TPSA) is 83.5 Å². The Labute approximate surface area is 139 Å². The highest BCUT2D eigenvalue weighted by Crippen LogP contribution is 2.28. The van der Waals surface area contributed by atoms with Crippen LogP contribution in [0.4, 0.5) is 0 Å². The number of hydrogen-bond acceptors (Lipinski definition) is 4. The van der Waals surface area contributed by atoms with Gasteiger partial charge in [0.25, 0.3) is 0 Å². The number of amides is 1. The minimum absolute atomic E-state index is 0.00586. The highest BCUT2D eigenvalue weighted by atomic mass is 32.2. The van der Waals surface area contributed by atoms with Crippen LogP contribution >= 0.6 is 11.8 Å². The average molecular weight is 335 g/mol. The first kappa shape index (κ1) is 17.5. The number of nitrogens with one attached hydrogen (secondary N) is 1. The molecule has 23 heavy (non-hydrogen) atoms. The largest absolute Gasteiger partial charge is 0.479 e. The minimum Gasteiger partial charge on any atom is -0.479 e. The monoisotopic (exact) mass is 335 g/mol. The van der Waals surface area contributed by atoms with Crippen LogP contribution in [0.15, 0.2) is 18.2 Å². The van der Waals surface area contributed by atoms with Gasteiger partial charge in [0.2, 0.25) is 5.91 Å². The number of rotatable bonds is 6. The van der Waals surface area contributed by atoms with E-state index in [0.717, 1.165) is 11.1 Å². The summed E-state index contributed by atoms with van der Waals surface area (Å²) >= 11 is 1.51. The molecule has 0 bridgehead atoms. The Morgan fingerprint density at radius 3 is 2.61 bits per heavy atom. The summed E-state index contributed by atoms with van der Waals surface area (Å²) in [4.78, 5) is 35.7. The molecule has 1 aromatic rings. The zero-order valence-corrected chi connectivity index (χ0v) is 14.2. The maximum absolute atomic E-state index is 12.3. The van der Waals surface area contributed by atoms with Crippen LogP contribution in [0.2, 0.25) is 0 Å². The van der Waals surface area contributed by atoms with E-state index < -0.39 is 11.5 Å². The second-order valence-corrected chi connectivity index (χ2v) is 7.08. The van der Waals surface area contributed by atoms with Gasteiger partial charge in [-0.2, -0.15) is 11.8 Å². The molecule has 1 aromatic carbocycles. The molecule has 0 aromatic heterocycles. The zero-order chi connectivity index (χ0) is 17.0. The lowest BCUT2D eigenvalue weighted by Crippen LogP contribution is -2.54. The maximum Gasteiger partial charge on any atom is 0.330 e. The molecule has 5 nitrogen and oxygen atoms in total. The molecule has 1 aliphatic heterocycles. The number of hydrogen-bond donors (Lipinski definition) is 2. The standard InChI is InChI=1S/C17H21NO4S/c1-11-3-4-12(2)13(9-11)14(19)5-6-15(20)18-17(16(21)22)7-8-23-10-17/h3-4,9H,5-8,10H2,1-2H3,(H,18,20)(H,21,22). The van der Waals surface area contributed by atoms with Crippen LogP contribution < -0.4 is 5.32 Å². The second kappa shape index (κ2) is 7.17. The first-order valence-corrected chi connectivity index (χ1v) is 8.72. The van der Waals surface area contributed by atoms with E-state index in [1.807, 2.05) is 32.0 Å². The van der Waals surface area contributed by atoms with Crippen molar-refractivity contribution in [1.29, 1.82) is 0 Å². The first-order chi connectivity index (χ1) is 10.8. The van der Waals surface area contributed by atoms with Crippen LogP contribution in [0.3, 0.4) is 0 Å². The van der Waals surface area contributed by atoms with Gasteiger partial charge in [0, 0.05) is 24.2 Å². The van der Waals surface area contributed by atoms with Gasteiger partial charge in [-0.1, -0.05) is 17.7 Å². The van der Waals surface area contributed by atoms with Crippen molar-refractivity contribution in [3.8, 4) is 0 Å². The summed E-state index contributed by atoms with van der Waals surface area (Å²) in [7, 11) is 0. The van der Waals surface area contributed by atoms with E-state index in [0.29, 0.717) is 23.5 Å². The molecule has 2 N–H and O–H groups in total. The molecule has 1 amide bonds. The fourth-order valence-electron chi connectivity index (χ4n) is 2.61. The SMILES string of the molecule is Cc1ccc(C)c(C(=O)CCC(=O)NC2(C(=O)O)CCSC2)c1. The molecule has 1 aliphatic rings. The van der Waals surface area contributed by atoms with Crippen molar-refractivity contribution in [2.24, 2.45) is 0 Å². The number of thioether (sulfide) groups is 1. The molecule has 6 heteroatoms. The number of ketones is 1. The molecule has 1 unspecified atom stereocenters. The van der Waals surface area contributed by atoms with E-state index in [9.17, 15) is 19.5 Å². The van der Waals surface area contributed by atoms with Crippen LogP contribution in [-0.4, -0.2) is 39.8 Å². The Morgan fingerprint density at radius 1 is 1.26 bits per heavy atom. The number of aliphatic carboxylic acids is 1. The van der Waals surface area contributed by atoms with Gasteiger partial charge < -0.3 is 10.4 Å². The predicted molar refractivity (Wildman–Crippen MR) is 89.9 cm³/mol. The summed E-state index contributed by atoms with van der Waals surface area (Å²) in [5.74, 6) is -0.385. The summed E-state index contributed by atoms with van der Waals surface area (Å²) in [6, 6.07) is 5.65. The van der Waals surface area contributed by atoms with Gasteiger partial charge in [-0.15, -0.1) is 0 Å². The van der Waals surface area contributed by atoms with Gasteiger partial charge in [0.1, 0.15) is 5.54 Å². The first-order valence-electron chi connectivity index (χ1n) is 7.57. The molecule has 0 radical (unpaired) electrons. The van der Waals surface area contributed by atoms with E-state index >= 15 is 0 Å². The van der Waals surface area contributed by atoms with Crippen molar-refractivity contribution in [3.63, 3.8) is 0 Å². The van der Waals surface area contributed by atoms with Crippen molar-refractivity contribution < 1.29 is 19.5 Å². The predicted octanol–water partition coefficient (Wildman–Crippen LogP) is 2.34. The smallest absolute Gasteiger partial charge is 0.330 e. The highest BCUT2D eigenvalue weighted by molar-refractivity contribution is 7.99. The summed E-state index contributed by atoms with van der Waals surface area (Å²) < 4.78 is 0. The molecule has 0 saturated carbocycles. The molecule has 2 rings (SSSR count). The van der Waals surface area contributed by atoms with E-state index in [4.69, 9.17) is 0 Å². The third-order valence-electron chi connectivity index (χ3n) is 4.08. The number of carbonyl (C=O) groups is 3. The Morgan fingerprint density at radius 2 is 2.00 bits per heavy atom. The van der Waals surface area contributed by atoms with Crippen LogP contribution in [0.25, 0.3) is 0 Å². The number of Topliss-reactive ketones (excluding diaryl/α,β-unsaturated/α-hetero) is 1. The van der Waals surface area contributed by atoms with Gasteiger partial charge in [0.05, 0.1) is 0 Å². The Kier molecular flexibility index (Phi) is 5.46. The third-order valence-corrected chi connectivity index (χ3v) is 5.27. The number of carboxylic acid groups (broad SMARTS) is 1. The number of benzene rings is 1. The molecule has 1 atom stereocenters. The molecule has 1 saturated heterocycles. The number of carboxylic acids is 1. The van der Waals surface area contributed by atoms with Crippen LogP contribution in [0, 0.1) is 13.8 Å². The maximum atomic E-state index is 12.3. The molecule has 1 fully saturated rings. The zero-order valence-electron chi connectivity index (χ0n) is 13.3. The van der Waals surface area contributed by atoms with Crippen molar-refractivity contribution >= 4 is 29.4 Å². The number of carbonyl (C=O) groups excluding carboxylic acids is 2. The van der Waals surface area contributed by atoms with Crippen LogP contribution in [0.1, 0.15) is 40.7 Å². The Hall–Kier alpha value is -1.82. The third kappa shape index (κ3) is 4.13. The van der Waals surface area contributed by atoms with E-state index in [-0.39, 0.29) is 24.5 Å². The minimum atomic E-state index is -1.18. The molecule has 0 spiro atoms. The van der Waals surface area contributed by atoms with Crippen molar-refractivity contribution in [3.05, 3.63) is 34.9 Å². The van der Waals surface area contributed by atoms with Crippen molar-refractivity contribution in [2.75, 3.05) is 11.5 Å². The lowest BCUT2D eigenvalue weighted by Gasteiger charge is -2.24. The van der Waals surface area contributed by atoms with Crippen molar-refractivity contribution in [1.82, 2.24) is 5.32 Å². The molecule has 124 valence electrons.